The number of hydrogen-bond donors (Lipinski definition) is 1. The molecular weight excluding hydrogens is 156 g/mol. The summed E-state index contributed by atoms with van der Waals surface area (Å²) in [5.74, 6) is 0.993. The fourth-order valence-corrected chi connectivity index (χ4v) is 1.32. The van der Waals surface area contributed by atoms with E-state index in [1.54, 1.807) is 0 Å². The van der Waals surface area contributed by atoms with Gasteiger partial charge in [-0.3, -0.25) is 4.57 Å². The van der Waals surface area contributed by atoms with Crippen molar-refractivity contribution >= 4 is 0 Å². The molecule has 1 aromatic rings. The zero-order valence-corrected chi connectivity index (χ0v) is 6.86. The van der Waals surface area contributed by atoms with Crippen LogP contribution < -0.4 is 10.5 Å². The molecule has 1 aliphatic heterocycles. The highest BCUT2D eigenvalue weighted by atomic mass is 16.5. The third-order valence-corrected chi connectivity index (χ3v) is 1.94. The van der Waals surface area contributed by atoms with Crippen LogP contribution in [0.2, 0.25) is 0 Å². The molecule has 5 nitrogen and oxygen atoms in total. The van der Waals surface area contributed by atoms with Crippen molar-refractivity contribution in [1.29, 1.82) is 0 Å². The van der Waals surface area contributed by atoms with Gasteiger partial charge in [0.2, 0.25) is 0 Å². The lowest BCUT2D eigenvalue weighted by molar-refractivity contribution is 0.341. The Bertz CT molecular complexity index is 270. The predicted molar refractivity (Wildman–Crippen MR) is 42.9 cm³/mol. The quantitative estimate of drug-likeness (QED) is 0.664. The van der Waals surface area contributed by atoms with Gasteiger partial charge in [0.1, 0.15) is 12.4 Å². The number of rotatable bonds is 3. The highest BCUT2D eigenvalue weighted by molar-refractivity contribution is 5.04. The van der Waals surface area contributed by atoms with Gasteiger partial charge >= 0.3 is 6.01 Å². The van der Waals surface area contributed by atoms with E-state index in [9.17, 15) is 0 Å². The summed E-state index contributed by atoms with van der Waals surface area (Å²) in [6.07, 6.45) is 1.85. The number of fused-ring (bicyclic) bond motifs is 1. The Morgan fingerprint density at radius 1 is 1.50 bits per heavy atom. The molecule has 0 bridgehead atoms. The number of aromatic nitrogens is 3. The van der Waals surface area contributed by atoms with Gasteiger partial charge in [-0.2, -0.15) is 0 Å². The Morgan fingerprint density at radius 3 is 3.25 bits per heavy atom. The summed E-state index contributed by atoms with van der Waals surface area (Å²) in [5.41, 5.74) is 5.40. The van der Waals surface area contributed by atoms with Gasteiger partial charge in [-0.25, -0.2) is 0 Å². The van der Waals surface area contributed by atoms with Crippen molar-refractivity contribution in [2.75, 3.05) is 13.2 Å². The van der Waals surface area contributed by atoms with Crippen LogP contribution in [0, 0.1) is 0 Å². The van der Waals surface area contributed by atoms with Crippen LogP contribution in [-0.4, -0.2) is 27.9 Å². The monoisotopic (exact) mass is 168 g/mol. The average Bonchev–Trinajstić information content (AvgIpc) is 2.62. The van der Waals surface area contributed by atoms with Gasteiger partial charge in [-0.05, 0) is 13.0 Å². The molecule has 0 aromatic carbocycles. The molecule has 1 aromatic heterocycles. The SMILES string of the molecule is NCCCc1nnc2n1CCO2. The van der Waals surface area contributed by atoms with Gasteiger partial charge in [0.05, 0.1) is 6.54 Å². The van der Waals surface area contributed by atoms with E-state index in [0.717, 1.165) is 31.8 Å². The molecule has 0 fully saturated rings. The second kappa shape index (κ2) is 3.10. The van der Waals surface area contributed by atoms with Crippen LogP contribution in [-0.2, 0) is 13.0 Å². The van der Waals surface area contributed by atoms with E-state index in [1.807, 2.05) is 4.57 Å². The van der Waals surface area contributed by atoms with Crippen LogP contribution in [0.1, 0.15) is 12.2 Å². The number of nitrogens with two attached hydrogens (primary N) is 1. The molecule has 1 aliphatic rings. The first-order valence-corrected chi connectivity index (χ1v) is 4.17. The molecule has 2 heterocycles. The zero-order valence-electron chi connectivity index (χ0n) is 6.86. The maximum absolute atomic E-state index is 5.40. The fourth-order valence-electron chi connectivity index (χ4n) is 1.32. The molecule has 0 saturated heterocycles. The highest BCUT2D eigenvalue weighted by Gasteiger charge is 2.17. The van der Waals surface area contributed by atoms with E-state index in [1.165, 1.54) is 0 Å². The number of nitrogens with zero attached hydrogens (tertiary/aromatic N) is 3. The molecule has 0 atom stereocenters. The largest absolute Gasteiger partial charge is 0.462 e. The second-order valence-corrected chi connectivity index (χ2v) is 2.79. The van der Waals surface area contributed by atoms with Crippen LogP contribution in [0.3, 0.4) is 0 Å². The van der Waals surface area contributed by atoms with Gasteiger partial charge < -0.3 is 10.5 Å². The van der Waals surface area contributed by atoms with Crippen LogP contribution in [0.4, 0.5) is 0 Å². The lowest BCUT2D eigenvalue weighted by atomic mass is 10.3. The molecule has 0 spiro atoms. The molecular formula is C7H12N4O. The van der Waals surface area contributed by atoms with E-state index >= 15 is 0 Å². The topological polar surface area (TPSA) is 66.0 Å². The van der Waals surface area contributed by atoms with Crippen LogP contribution >= 0.6 is 0 Å². The standard InChI is InChI=1S/C7H12N4O/c8-3-1-2-6-9-10-7-11(6)4-5-12-7/h1-5,8H2. The lowest BCUT2D eigenvalue weighted by Crippen LogP contribution is -2.06. The van der Waals surface area contributed by atoms with Crippen molar-refractivity contribution < 1.29 is 4.74 Å². The van der Waals surface area contributed by atoms with Crippen molar-refractivity contribution in [1.82, 2.24) is 14.8 Å². The first-order valence-electron chi connectivity index (χ1n) is 4.17. The Hall–Kier alpha value is -1.10. The van der Waals surface area contributed by atoms with Crippen molar-refractivity contribution in [3.63, 3.8) is 0 Å². The molecule has 0 radical (unpaired) electrons. The Kier molecular flexibility index (Phi) is 1.95. The van der Waals surface area contributed by atoms with Gasteiger partial charge in [-0.1, -0.05) is 5.10 Å². The molecule has 2 rings (SSSR count). The van der Waals surface area contributed by atoms with Gasteiger partial charge in [0, 0.05) is 6.42 Å². The number of aryl methyl sites for hydroxylation is 1. The first kappa shape index (κ1) is 7.54. The smallest absolute Gasteiger partial charge is 0.317 e. The van der Waals surface area contributed by atoms with Gasteiger partial charge in [0.15, 0.2) is 0 Å². The summed E-state index contributed by atoms with van der Waals surface area (Å²) in [4.78, 5) is 0. The minimum atomic E-state index is 0.655. The Morgan fingerprint density at radius 2 is 2.42 bits per heavy atom. The molecule has 0 unspecified atom stereocenters. The summed E-state index contributed by atoms with van der Waals surface area (Å²) < 4.78 is 7.23. The number of hydrogen-bond acceptors (Lipinski definition) is 4. The summed E-state index contributed by atoms with van der Waals surface area (Å²) in [7, 11) is 0. The highest BCUT2D eigenvalue weighted by Crippen LogP contribution is 2.16. The molecule has 5 heteroatoms. The second-order valence-electron chi connectivity index (χ2n) is 2.79. The predicted octanol–water partition coefficient (Wildman–Crippen LogP) is -0.438. The van der Waals surface area contributed by atoms with Crippen LogP contribution in [0.15, 0.2) is 0 Å². The molecule has 0 aliphatic carbocycles. The summed E-state index contributed by atoms with van der Waals surface area (Å²) >= 11 is 0. The van der Waals surface area contributed by atoms with E-state index < -0.39 is 0 Å². The molecule has 2 N–H and O–H groups in total. The third kappa shape index (κ3) is 1.16. The number of ether oxygens (including phenoxy) is 1. The average molecular weight is 168 g/mol. The lowest BCUT2D eigenvalue weighted by Gasteiger charge is -1.97. The maximum Gasteiger partial charge on any atom is 0.317 e. The first-order chi connectivity index (χ1) is 5.92. The molecule has 66 valence electrons. The van der Waals surface area contributed by atoms with Crippen molar-refractivity contribution in [2.24, 2.45) is 5.73 Å². The molecule has 12 heavy (non-hydrogen) atoms. The van der Waals surface area contributed by atoms with E-state index in [2.05, 4.69) is 10.2 Å². The van der Waals surface area contributed by atoms with E-state index in [-0.39, 0.29) is 0 Å². The van der Waals surface area contributed by atoms with Gasteiger partial charge in [0.25, 0.3) is 0 Å². The van der Waals surface area contributed by atoms with Gasteiger partial charge in [-0.15, -0.1) is 5.10 Å². The molecule has 0 amide bonds. The van der Waals surface area contributed by atoms with Crippen molar-refractivity contribution in [2.45, 2.75) is 19.4 Å². The minimum Gasteiger partial charge on any atom is -0.462 e. The Labute approximate surface area is 70.5 Å². The van der Waals surface area contributed by atoms with Crippen molar-refractivity contribution in [3.8, 4) is 6.01 Å². The normalized spacial score (nSPS) is 14.4. The van der Waals surface area contributed by atoms with Crippen LogP contribution in [0.5, 0.6) is 6.01 Å². The third-order valence-electron chi connectivity index (χ3n) is 1.94. The summed E-state index contributed by atoms with van der Waals surface area (Å²) in [6, 6.07) is 0.655. The summed E-state index contributed by atoms with van der Waals surface area (Å²) in [6.45, 7) is 2.30. The van der Waals surface area contributed by atoms with E-state index in [4.69, 9.17) is 10.5 Å². The minimum absolute atomic E-state index is 0.655. The van der Waals surface area contributed by atoms with E-state index in [0.29, 0.717) is 12.6 Å². The van der Waals surface area contributed by atoms with Crippen molar-refractivity contribution in [3.05, 3.63) is 5.82 Å². The van der Waals surface area contributed by atoms with Crippen LogP contribution in [0.25, 0.3) is 0 Å². The maximum atomic E-state index is 5.40. The molecule has 0 saturated carbocycles. The zero-order chi connectivity index (χ0) is 8.39. The fraction of sp³-hybridized carbons (Fsp3) is 0.714. The summed E-state index contributed by atoms with van der Waals surface area (Å²) in [5, 5.41) is 7.91. The Balaban J connectivity index is 2.11.